The number of aromatic hydroxyl groups is 3. The molecule has 0 aromatic heterocycles. The van der Waals surface area contributed by atoms with Gasteiger partial charge in [0.15, 0.2) is 34.7 Å². The molecule has 4 atom stereocenters. The summed E-state index contributed by atoms with van der Waals surface area (Å²) in [6, 6.07) is 6.01. The normalized spacial score (nSPS) is 23.0. The lowest BCUT2D eigenvalue weighted by atomic mass is 9.79. The van der Waals surface area contributed by atoms with Crippen molar-refractivity contribution in [3.63, 3.8) is 0 Å². The van der Waals surface area contributed by atoms with Gasteiger partial charge in [0.25, 0.3) is 0 Å². The predicted molar refractivity (Wildman–Crippen MR) is 127 cm³/mol. The van der Waals surface area contributed by atoms with Crippen molar-refractivity contribution in [1.82, 2.24) is 0 Å². The van der Waals surface area contributed by atoms with Crippen LogP contribution in [0.1, 0.15) is 28.8 Å². The Labute approximate surface area is 215 Å². The summed E-state index contributed by atoms with van der Waals surface area (Å²) < 4.78 is 20.6. The summed E-state index contributed by atoms with van der Waals surface area (Å²) >= 11 is 0. The lowest BCUT2D eigenvalue weighted by molar-refractivity contribution is -0.197. The number of phenols is 3. The molecular formula is C25H26O13. The lowest BCUT2D eigenvalue weighted by Gasteiger charge is -2.40. The molecule has 2 aromatic rings. The molecule has 0 saturated heterocycles. The number of phenolic OH excluding ortho intramolecular Hbond substituents is 3. The van der Waals surface area contributed by atoms with Crippen molar-refractivity contribution < 1.29 is 64.0 Å². The molecule has 38 heavy (non-hydrogen) atoms. The third-order valence-electron chi connectivity index (χ3n) is 5.87. The van der Waals surface area contributed by atoms with Crippen LogP contribution in [0.2, 0.25) is 0 Å². The van der Waals surface area contributed by atoms with Crippen LogP contribution in [0.25, 0.3) is 6.08 Å². The number of ether oxygens (including phenoxy) is 4. The van der Waals surface area contributed by atoms with E-state index in [2.05, 4.69) is 0 Å². The number of carboxylic acid groups (broad SMARTS) is 1. The van der Waals surface area contributed by atoms with E-state index < -0.39 is 60.4 Å². The minimum Gasteiger partial charge on any atom is -0.504 e. The zero-order chi connectivity index (χ0) is 28.2. The Kier molecular flexibility index (Phi) is 8.33. The first kappa shape index (κ1) is 28.1. The summed E-state index contributed by atoms with van der Waals surface area (Å²) in [7, 11) is 2.47. The molecule has 1 fully saturated rings. The van der Waals surface area contributed by atoms with Crippen LogP contribution in [-0.4, -0.2) is 86.7 Å². The number of aliphatic hydroxyl groups excluding tert-OH is 1. The van der Waals surface area contributed by atoms with Crippen LogP contribution >= 0.6 is 0 Å². The maximum absolute atomic E-state index is 12.9. The molecule has 13 heteroatoms. The maximum Gasteiger partial charge on any atom is 0.338 e. The molecule has 0 amide bonds. The number of carbonyl (C=O) groups excluding carboxylic acids is 2. The molecule has 0 aliphatic heterocycles. The fourth-order valence-corrected chi connectivity index (χ4v) is 3.88. The van der Waals surface area contributed by atoms with Crippen molar-refractivity contribution in [3.8, 4) is 28.7 Å². The monoisotopic (exact) mass is 534 g/mol. The van der Waals surface area contributed by atoms with E-state index in [-0.39, 0.29) is 28.6 Å². The fraction of sp³-hybridized carbons (Fsp3) is 0.320. The predicted octanol–water partition coefficient (Wildman–Crippen LogP) is 0.942. The van der Waals surface area contributed by atoms with Crippen molar-refractivity contribution in [2.24, 2.45) is 0 Å². The van der Waals surface area contributed by atoms with Gasteiger partial charge in [-0.2, -0.15) is 0 Å². The number of aliphatic carboxylic acids is 1. The third kappa shape index (κ3) is 6.07. The Balaban J connectivity index is 1.85. The third-order valence-corrected chi connectivity index (χ3v) is 5.87. The average Bonchev–Trinajstić information content (AvgIpc) is 2.86. The number of benzene rings is 2. The highest BCUT2D eigenvalue weighted by Crippen LogP contribution is 2.38. The van der Waals surface area contributed by atoms with E-state index in [1.54, 1.807) is 0 Å². The smallest absolute Gasteiger partial charge is 0.338 e. The minimum atomic E-state index is -2.49. The van der Waals surface area contributed by atoms with Crippen LogP contribution in [0, 0.1) is 0 Å². The molecule has 0 heterocycles. The Hall–Kier alpha value is -4.49. The van der Waals surface area contributed by atoms with Gasteiger partial charge in [-0.05, 0) is 35.9 Å². The fourth-order valence-electron chi connectivity index (χ4n) is 3.88. The van der Waals surface area contributed by atoms with Gasteiger partial charge in [0.2, 0.25) is 5.75 Å². The molecule has 0 spiro atoms. The van der Waals surface area contributed by atoms with Crippen LogP contribution in [0.15, 0.2) is 36.4 Å². The van der Waals surface area contributed by atoms with Crippen LogP contribution in [0.5, 0.6) is 28.7 Å². The van der Waals surface area contributed by atoms with Gasteiger partial charge in [-0.15, -0.1) is 0 Å². The molecule has 3 rings (SSSR count). The number of methoxy groups -OCH3 is 2. The molecule has 0 bridgehead atoms. The van der Waals surface area contributed by atoms with E-state index in [4.69, 9.17) is 18.9 Å². The zero-order valence-corrected chi connectivity index (χ0v) is 20.2. The molecule has 1 aliphatic carbocycles. The van der Waals surface area contributed by atoms with E-state index in [9.17, 15) is 45.0 Å². The van der Waals surface area contributed by atoms with Gasteiger partial charge in [0.1, 0.15) is 6.10 Å². The molecule has 204 valence electrons. The number of aliphatic hydroxyl groups is 2. The maximum atomic E-state index is 12.9. The summed E-state index contributed by atoms with van der Waals surface area (Å²) in [5.41, 5.74) is -2.36. The second-order valence-electron chi connectivity index (χ2n) is 8.47. The highest BCUT2D eigenvalue weighted by atomic mass is 16.6. The Morgan fingerprint density at radius 3 is 2.13 bits per heavy atom. The van der Waals surface area contributed by atoms with Crippen LogP contribution in [-0.2, 0) is 19.1 Å². The first-order chi connectivity index (χ1) is 17.9. The number of carbonyl (C=O) groups is 3. The second-order valence-corrected chi connectivity index (χ2v) is 8.47. The second kappa shape index (κ2) is 11.3. The van der Waals surface area contributed by atoms with Crippen molar-refractivity contribution in [1.29, 1.82) is 0 Å². The summed E-state index contributed by atoms with van der Waals surface area (Å²) in [4.78, 5) is 37.0. The van der Waals surface area contributed by atoms with Crippen molar-refractivity contribution in [2.45, 2.75) is 36.8 Å². The van der Waals surface area contributed by atoms with Gasteiger partial charge in [-0.25, -0.2) is 14.4 Å². The summed E-state index contributed by atoms with van der Waals surface area (Å²) in [6.45, 7) is 0. The first-order valence-corrected chi connectivity index (χ1v) is 11.1. The number of esters is 2. The highest BCUT2D eigenvalue weighted by molar-refractivity contribution is 5.91. The quantitative estimate of drug-likeness (QED) is 0.158. The van der Waals surface area contributed by atoms with Crippen molar-refractivity contribution in [2.75, 3.05) is 14.2 Å². The van der Waals surface area contributed by atoms with Gasteiger partial charge in [0.05, 0.1) is 25.9 Å². The Morgan fingerprint density at radius 1 is 0.947 bits per heavy atom. The molecular weight excluding hydrogens is 508 g/mol. The lowest BCUT2D eigenvalue weighted by Crippen LogP contribution is -2.58. The highest BCUT2D eigenvalue weighted by Gasteiger charge is 2.52. The van der Waals surface area contributed by atoms with Gasteiger partial charge in [-0.1, -0.05) is 6.07 Å². The van der Waals surface area contributed by atoms with E-state index in [0.29, 0.717) is 5.56 Å². The first-order valence-electron chi connectivity index (χ1n) is 11.1. The van der Waals surface area contributed by atoms with Crippen LogP contribution < -0.4 is 9.47 Å². The van der Waals surface area contributed by atoms with Gasteiger partial charge < -0.3 is 49.6 Å². The number of carboxylic acids is 1. The van der Waals surface area contributed by atoms with Crippen molar-refractivity contribution >= 4 is 24.0 Å². The molecule has 2 aromatic carbocycles. The van der Waals surface area contributed by atoms with Crippen LogP contribution in [0.3, 0.4) is 0 Å². The van der Waals surface area contributed by atoms with E-state index in [0.717, 1.165) is 18.2 Å². The summed E-state index contributed by atoms with van der Waals surface area (Å²) in [5, 5.41) is 59.5. The largest absolute Gasteiger partial charge is 0.504 e. The Bertz CT molecular complexity index is 1230. The van der Waals surface area contributed by atoms with E-state index in [1.165, 1.54) is 38.5 Å². The number of hydrogen-bond acceptors (Lipinski definition) is 12. The molecule has 1 saturated carbocycles. The summed E-state index contributed by atoms with van der Waals surface area (Å²) in [5.74, 6) is -5.21. The topological polar surface area (TPSA) is 210 Å². The molecule has 0 unspecified atom stereocenters. The van der Waals surface area contributed by atoms with Gasteiger partial charge >= 0.3 is 17.9 Å². The molecule has 6 N–H and O–H groups in total. The SMILES string of the molecule is COc1cc(C(=O)O[C@H]2C[C@](O)(C(=O)O)C[C@H](O)[C@H]2OC(=O)/C=C/c2ccc(O)c(O)c2)cc(OC)c1O. The Morgan fingerprint density at radius 2 is 1.58 bits per heavy atom. The average molecular weight is 534 g/mol. The number of rotatable bonds is 8. The standard InChI is InChI=1S/C25H26O13/c1-35-17-8-13(9-18(36-2)21(17)30)23(31)37-19-11-25(34,24(32)33)10-16(28)22(19)38-20(29)6-4-12-3-5-14(26)15(27)7-12/h3-9,16,19,22,26-28,30,34H,10-11H2,1-2H3,(H,32,33)/b6-4+/t16-,19-,22+,25-/m0/s1. The van der Waals surface area contributed by atoms with E-state index in [1.807, 2.05) is 0 Å². The van der Waals surface area contributed by atoms with Gasteiger partial charge in [-0.3, -0.25) is 0 Å². The van der Waals surface area contributed by atoms with Gasteiger partial charge in [0, 0.05) is 18.9 Å². The van der Waals surface area contributed by atoms with Crippen LogP contribution in [0.4, 0.5) is 0 Å². The molecule has 1 aliphatic rings. The molecule has 13 nitrogen and oxygen atoms in total. The zero-order valence-electron chi connectivity index (χ0n) is 20.2. The summed E-state index contributed by atoms with van der Waals surface area (Å²) in [6.07, 6.45) is -4.17. The minimum absolute atomic E-state index is 0.129. The van der Waals surface area contributed by atoms with Crippen molar-refractivity contribution in [3.05, 3.63) is 47.5 Å². The number of hydrogen-bond donors (Lipinski definition) is 6. The van der Waals surface area contributed by atoms with E-state index >= 15 is 0 Å². The molecule has 0 radical (unpaired) electrons.